The summed E-state index contributed by atoms with van der Waals surface area (Å²) in [5.41, 5.74) is 1.02. The number of rotatable bonds is 7. The molecule has 1 saturated heterocycles. The summed E-state index contributed by atoms with van der Waals surface area (Å²) in [7, 11) is -1.59. The molecule has 0 radical (unpaired) electrons. The first-order valence-electron chi connectivity index (χ1n) is 10.1. The second kappa shape index (κ2) is 10.7. The number of carbonyl (C=O) groups is 1. The molecule has 0 aromatic heterocycles. The van der Waals surface area contributed by atoms with Gasteiger partial charge in [0.2, 0.25) is 0 Å². The Kier molecular flexibility index (Phi) is 8.19. The molecule has 1 N–H and O–H groups in total. The summed E-state index contributed by atoms with van der Waals surface area (Å²) in [4.78, 5) is 16.2. The zero-order valence-electron chi connectivity index (χ0n) is 17.6. The van der Waals surface area contributed by atoms with Gasteiger partial charge >= 0.3 is 6.36 Å². The van der Waals surface area contributed by atoms with Gasteiger partial charge in [-0.2, -0.15) is 0 Å². The monoisotopic (exact) mass is 507 g/mol. The lowest BCUT2D eigenvalue weighted by molar-refractivity contribution is -0.274. The van der Waals surface area contributed by atoms with Crippen molar-refractivity contribution in [3.05, 3.63) is 58.4 Å². The van der Waals surface area contributed by atoms with E-state index in [-0.39, 0.29) is 22.1 Å². The highest BCUT2D eigenvalue weighted by atomic mass is 35.5. The van der Waals surface area contributed by atoms with Crippen molar-refractivity contribution in [3.63, 3.8) is 0 Å². The van der Waals surface area contributed by atoms with E-state index in [4.69, 9.17) is 11.6 Å². The van der Waals surface area contributed by atoms with Crippen molar-refractivity contribution in [2.75, 3.05) is 36.8 Å². The number of nitrogens with zero attached hydrogens (tertiary/aromatic N) is 2. The first-order chi connectivity index (χ1) is 15.6. The molecule has 6 nitrogen and oxygen atoms in total. The molecule has 1 heterocycles. The normalized spacial score (nSPS) is 15.9. The third kappa shape index (κ3) is 7.05. The van der Waals surface area contributed by atoms with E-state index in [1.165, 1.54) is 24.3 Å². The fraction of sp³-hybridized carbons (Fsp3) is 0.381. The fourth-order valence-corrected chi connectivity index (χ4v) is 4.06. The smallest absolute Gasteiger partial charge is 0.406 e. The van der Waals surface area contributed by atoms with Gasteiger partial charge in [-0.05, 0) is 42.0 Å². The van der Waals surface area contributed by atoms with E-state index in [1.807, 2.05) is 4.90 Å². The number of hydrogen-bond acceptors (Lipinski definition) is 5. The van der Waals surface area contributed by atoms with Crippen molar-refractivity contribution >= 4 is 34.2 Å². The second-order valence-corrected chi connectivity index (χ2v) is 9.17. The van der Waals surface area contributed by atoms with Gasteiger partial charge in [-0.15, -0.1) is 13.2 Å². The van der Waals surface area contributed by atoms with Crippen LogP contribution < -0.4 is 14.4 Å². The van der Waals surface area contributed by atoms with Gasteiger partial charge in [0, 0.05) is 49.2 Å². The molecule has 1 atom stereocenters. The van der Waals surface area contributed by atoms with Crippen LogP contribution in [0.5, 0.6) is 5.75 Å². The molecular formula is C21H22ClF4N3O3S. The van der Waals surface area contributed by atoms with Crippen molar-refractivity contribution in [1.29, 1.82) is 0 Å². The number of alkyl halides is 3. The molecule has 33 heavy (non-hydrogen) atoms. The number of benzene rings is 2. The van der Waals surface area contributed by atoms with Crippen LogP contribution in [0.25, 0.3) is 0 Å². The van der Waals surface area contributed by atoms with Gasteiger partial charge in [0.15, 0.2) is 0 Å². The van der Waals surface area contributed by atoms with Gasteiger partial charge in [-0.1, -0.05) is 18.5 Å². The van der Waals surface area contributed by atoms with Gasteiger partial charge in [-0.25, -0.2) is 8.60 Å². The molecule has 1 amide bonds. The molecule has 0 saturated carbocycles. The summed E-state index contributed by atoms with van der Waals surface area (Å²) in [6, 6.07) is 8.11. The summed E-state index contributed by atoms with van der Waals surface area (Å²) in [6.45, 7) is 4.46. The number of ether oxygens (including phenoxy) is 1. The molecule has 1 aliphatic rings. The van der Waals surface area contributed by atoms with Crippen molar-refractivity contribution in [2.24, 2.45) is 0 Å². The Balaban J connectivity index is 1.58. The average Bonchev–Trinajstić information content (AvgIpc) is 2.76. The average molecular weight is 508 g/mol. The van der Waals surface area contributed by atoms with Gasteiger partial charge in [0.25, 0.3) is 5.91 Å². The lowest BCUT2D eigenvalue weighted by Crippen LogP contribution is -2.46. The third-order valence-electron chi connectivity index (χ3n) is 5.05. The lowest BCUT2D eigenvalue weighted by atomic mass is 10.1. The topological polar surface area (TPSA) is 61.9 Å². The minimum Gasteiger partial charge on any atom is -0.406 e. The number of carbonyl (C=O) groups excluding carboxylic acids is 1. The number of nitrogens with one attached hydrogen (secondary N) is 1. The highest BCUT2D eigenvalue weighted by Crippen LogP contribution is 2.27. The van der Waals surface area contributed by atoms with Crippen LogP contribution in [0, 0.1) is 5.82 Å². The zero-order valence-corrected chi connectivity index (χ0v) is 19.2. The van der Waals surface area contributed by atoms with Crippen molar-refractivity contribution in [2.45, 2.75) is 19.8 Å². The number of halogens is 5. The second-order valence-electron chi connectivity index (χ2n) is 7.29. The fourth-order valence-electron chi connectivity index (χ4n) is 3.38. The number of piperazine rings is 1. The largest absolute Gasteiger partial charge is 0.573 e. The molecule has 0 spiro atoms. The zero-order chi connectivity index (χ0) is 24.2. The summed E-state index contributed by atoms with van der Waals surface area (Å²) < 4.78 is 68.9. The van der Waals surface area contributed by atoms with Gasteiger partial charge in [0.05, 0.1) is 5.56 Å². The Morgan fingerprint density at radius 2 is 1.79 bits per heavy atom. The van der Waals surface area contributed by atoms with Gasteiger partial charge < -0.3 is 9.64 Å². The molecule has 0 bridgehead atoms. The van der Waals surface area contributed by atoms with E-state index in [0.29, 0.717) is 38.3 Å². The van der Waals surface area contributed by atoms with E-state index in [0.717, 1.165) is 5.69 Å². The summed E-state index contributed by atoms with van der Waals surface area (Å²) in [5, 5.41) is 0.228. The molecule has 1 aliphatic heterocycles. The molecule has 0 aliphatic carbocycles. The Morgan fingerprint density at radius 3 is 2.36 bits per heavy atom. The maximum atomic E-state index is 14.5. The van der Waals surface area contributed by atoms with Crippen LogP contribution in [0.1, 0.15) is 22.8 Å². The Hall–Kier alpha value is -2.37. The van der Waals surface area contributed by atoms with Gasteiger partial charge in [-0.3, -0.25) is 14.4 Å². The SMILES string of the molecule is CCS(=O)NC(=O)c1cc(Cl)c(CN2CCN(c3ccc(OC(F)(F)F)cc3)CC2)cc1F. The quantitative estimate of drug-likeness (QED) is 0.571. The third-order valence-corrected chi connectivity index (χ3v) is 6.34. The molecule has 2 aromatic carbocycles. The van der Waals surface area contributed by atoms with Crippen molar-refractivity contribution in [3.8, 4) is 5.75 Å². The van der Waals surface area contributed by atoms with Crippen LogP contribution in [0.15, 0.2) is 36.4 Å². The predicted molar refractivity (Wildman–Crippen MR) is 118 cm³/mol. The van der Waals surface area contributed by atoms with Crippen LogP contribution in [-0.2, 0) is 17.5 Å². The summed E-state index contributed by atoms with van der Waals surface area (Å²) in [6.07, 6.45) is -4.73. The van der Waals surface area contributed by atoms with E-state index < -0.39 is 29.1 Å². The lowest BCUT2D eigenvalue weighted by Gasteiger charge is -2.36. The molecule has 2 aromatic rings. The Bertz CT molecular complexity index is 1010. The van der Waals surface area contributed by atoms with Crippen LogP contribution in [0.3, 0.4) is 0 Å². The maximum absolute atomic E-state index is 14.5. The minimum atomic E-state index is -4.73. The predicted octanol–water partition coefficient (Wildman–Crippen LogP) is 4.11. The van der Waals surface area contributed by atoms with Crippen LogP contribution in [0.4, 0.5) is 23.2 Å². The first kappa shape index (κ1) is 25.3. The summed E-state index contributed by atoms with van der Waals surface area (Å²) in [5.74, 6) is -1.61. The van der Waals surface area contributed by atoms with E-state index in [2.05, 4.69) is 14.4 Å². The van der Waals surface area contributed by atoms with Gasteiger partial charge in [0.1, 0.15) is 22.6 Å². The van der Waals surface area contributed by atoms with Crippen LogP contribution >= 0.6 is 11.6 Å². The Morgan fingerprint density at radius 1 is 1.15 bits per heavy atom. The highest BCUT2D eigenvalue weighted by molar-refractivity contribution is 7.83. The number of hydrogen-bond donors (Lipinski definition) is 1. The molecular weight excluding hydrogens is 486 g/mol. The molecule has 3 rings (SSSR count). The van der Waals surface area contributed by atoms with E-state index in [9.17, 15) is 26.6 Å². The molecule has 12 heteroatoms. The Labute approximate surface area is 196 Å². The van der Waals surface area contributed by atoms with Crippen molar-refractivity contribution in [1.82, 2.24) is 9.62 Å². The summed E-state index contributed by atoms with van der Waals surface area (Å²) >= 11 is 6.27. The molecule has 1 unspecified atom stereocenters. The minimum absolute atomic E-state index is 0.205. The van der Waals surface area contributed by atoms with E-state index in [1.54, 1.807) is 19.1 Å². The molecule has 1 fully saturated rings. The van der Waals surface area contributed by atoms with Crippen LogP contribution in [0.2, 0.25) is 5.02 Å². The van der Waals surface area contributed by atoms with Crippen molar-refractivity contribution < 1.29 is 31.3 Å². The first-order valence-corrected chi connectivity index (χ1v) is 11.8. The number of anilines is 1. The van der Waals surface area contributed by atoms with Crippen LogP contribution in [-0.4, -0.2) is 53.3 Å². The number of amides is 1. The molecule has 180 valence electrons. The highest BCUT2D eigenvalue weighted by Gasteiger charge is 2.31. The standard InChI is InChI=1S/C21H22ClF4N3O3S/c1-2-33(31)27-20(30)17-12-18(22)14(11-19(17)23)13-28-7-9-29(10-8-28)15-3-5-16(6-4-15)32-21(24,25)26/h3-6,11-12H,2,7-10,13H2,1H3,(H,27,30). The van der Waals surface area contributed by atoms with E-state index >= 15 is 0 Å². The maximum Gasteiger partial charge on any atom is 0.573 e.